The molecule has 0 bridgehead atoms. The molecule has 0 radical (unpaired) electrons. The molecule has 3 aromatic rings. The SMILES string of the molecule is Cc1ccc(-n2nc(C)cc2NC(=O)c2ccc(N(C)C)nc2)cc1. The van der Waals surface area contributed by atoms with Crippen LogP contribution in [0, 0.1) is 13.8 Å². The Bertz CT molecular complexity index is 879. The van der Waals surface area contributed by atoms with Crippen molar-refractivity contribution in [3.8, 4) is 5.69 Å². The first-order valence-electron chi connectivity index (χ1n) is 8.02. The first kappa shape index (κ1) is 16.7. The Kier molecular flexibility index (Phi) is 4.52. The molecule has 0 aliphatic heterocycles. The number of carbonyl (C=O) groups excluding carboxylic acids is 1. The Balaban J connectivity index is 1.85. The van der Waals surface area contributed by atoms with Crippen molar-refractivity contribution in [2.24, 2.45) is 0 Å². The number of nitrogens with zero attached hydrogens (tertiary/aromatic N) is 4. The lowest BCUT2D eigenvalue weighted by Crippen LogP contribution is -2.16. The standard InChI is InChI=1S/C19H21N5O/c1-13-5-8-16(9-6-13)24-18(11-14(2)22-24)21-19(25)15-7-10-17(20-12-15)23(3)4/h5-12H,1-4H3,(H,21,25). The van der Waals surface area contributed by atoms with Gasteiger partial charge in [0.25, 0.3) is 5.91 Å². The van der Waals surface area contributed by atoms with Crippen LogP contribution in [0.15, 0.2) is 48.7 Å². The molecule has 0 fully saturated rings. The number of aromatic nitrogens is 3. The maximum absolute atomic E-state index is 12.5. The predicted octanol–water partition coefficient (Wildman–Crippen LogP) is 3.20. The molecule has 1 aromatic carbocycles. The van der Waals surface area contributed by atoms with E-state index in [4.69, 9.17) is 0 Å². The summed E-state index contributed by atoms with van der Waals surface area (Å²) in [5.74, 6) is 1.21. The number of benzene rings is 1. The highest BCUT2D eigenvalue weighted by atomic mass is 16.1. The highest BCUT2D eigenvalue weighted by Crippen LogP contribution is 2.19. The quantitative estimate of drug-likeness (QED) is 0.795. The zero-order valence-corrected chi connectivity index (χ0v) is 14.8. The molecule has 6 nitrogen and oxygen atoms in total. The highest BCUT2D eigenvalue weighted by Gasteiger charge is 2.13. The summed E-state index contributed by atoms with van der Waals surface area (Å²) in [5.41, 5.74) is 3.40. The summed E-state index contributed by atoms with van der Waals surface area (Å²) in [4.78, 5) is 18.7. The first-order chi connectivity index (χ1) is 11.9. The second-order valence-corrected chi connectivity index (χ2v) is 6.17. The summed E-state index contributed by atoms with van der Waals surface area (Å²) in [7, 11) is 3.82. The minimum Gasteiger partial charge on any atom is -0.363 e. The molecule has 2 heterocycles. The van der Waals surface area contributed by atoms with Crippen LogP contribution in [0.4, 0.5) is 11.6 Å². The van der Waals surface area contributed by atoms with Gasteiger partial charge in [0.1, 0.15) is 11.6 Å². The number of pyridine rings is 1. The third-order valence-electron chi connectivity index (χ3n) is 3.82. The summed E-state index contributed by atoms with van der Waals surface area (Å²) in [6.45, 7) is 3.93. The van der Waals surface area contributed by atoms with E-state index >= 15 is 0 Å². The smallest absolute Gasteiger partial charge is 0.258 e. The van der Waals surface area contributed by atoms with E-state index in [1.165, 1.54) is 5.56 Å². The molecule has 0 aliphatic rings. The van der Waals surface area contributed by atoms with Gasteiger partial charge in [0.2, 0.25) is 0 Å². The van der Waals surface area contributed by atoms with Crippen LogP contribution in [0.25, 0.3) is 5.69 Å². The molecule has 0 aliphatic carbocycles. The molecule has 0 spiro atoms. The average molecular weight is 335 g/mol. The third kappa shape index (κ3) is 3.68. The van der Waals surface area contributed by atoms with Gasteiger partial charge in [0, 0.05) is 26.4 Å². The molecule has 0 saturated heterocycles. The second-order valence-electron chi connectivity index (χ2n) is 6.17. The number of nitrogens with one attached hydrogen (secondary N) is 1. The van der Waals surface area contributed by atoms with Crippen molar-refractivity contribution in [1.82, 2.24) is 14.8 Å². The van der Waals surface area contributed by atoms with Gasteiger partial charge in [-0.2, -0.15) is 5.10 Å². The number of hydrogen-bond acceptors (Lipinski definition) is 4. The van der Waals surface area contributed by atoms with Crippen molar-refractivity contribution in [1.29, 1.82) is 0 Å². The van der Waals surface area contributed by atoms with Gasteiger partial charge >= 0.3 is 0 Å². The molecule has 1 amide bonds. The van der Waals surface area contributed by atoms with Gasteiger partial charge in [-0.3, -0.25) is 4.79 Å². The van der Waals surface area contributed by atoms with Crippen molar-refractivity contribution >= 4 is 17.5 Å². The fraction of sp³-hybridized carbons (Fsp3) is 0.211. The van der Waals surface area contributed by atoms with E-state index < -0.39 is 0 Å². The normalized spacial score (nSPS) is 10.6. The van der Waals surface area contributed by atoms with E-state index in [1.54, 1.807) is 16.9 Å². The van der Waals surface area contributed by atoms with Gasteiger partial charge in [-0.25, -0.2) is 9.67 Å². The van der Waals surface area contributed by atoms with Crippen molar-refractivity contribution in [2.75, 3.05) is 24.3 Å². The molecule has 25 heavy (non-hydrogen) atoms. The lowest BCUT2D eigenvalue weighted by molar-refractivity contribution is 0.102. The van der Waals surface area contributed by atoms with Crippen molar-refractivity contribution < 1.29 is 4.79 Å². The van der Waals surface area contributed by atoms with Crippen molar-refractivity contribution in [3.63, 3.8) is 0 Å². The van der Waals surface area contributed by atoms with Gasteiger partial charge in [-0.1, -0.05) is 17.7 Å². The van der Waals surface area contributed by atoms with Crippen LogP contribution in [-0.4, -0.2) is 34.8 Å². The molecule has 0 unspecified atom stereocenters. The Morgan fingerprint density at radius 3 is 2.40 bits per heavy atom. The lowest BCUT2D eigenvalue weighted by atomic mass is 10.2. The van der Waals surface area contributed by atoms with Gasteiger partial charge < -0.3 is 10.2 Å². The molecule has 128 valence electrons. The summed E-state index contributed by atoms with van der Waals surface area (Å²) in [6, 6.07) is 13.4. The Labute approximate surface area is 147 Å². The second kappa shape index (κ2) is 6.76. The number of anilines is 2. The van der Waals surface area contributed by atoms with Gasteiger partial charge in [-0.05, 0) is 38.1 Å². The Morgan fingerprint density at radius 1 is 1.08 bits per heavy atom. The van der Waals surface area contributed by atoms with Crippen LogP contribution in [0.3, 0.4) is 0 Å². The van der Waals surface area contributed by atoms with Gasteiger partial charge in [-0.15, -0.1) is 0 Å². The van der Waals surface area contributed by atoms with E-state index in [-0.39, 0.29) is 5.91 Å². The van der Waals surface area contributed by atoms with Gasteiger partial charge in [0.15, 0.2) is 0 Å². The van der Waals surface area contributed by atoms with Crippen molar-refractivity contribution in [3.05, 3.63) is 65.5 Å². The molecule has 3 rings (SSSR count). The van der Waals surface area contributed by atoms with Gasteiger partial charge in [0.05, 0.1) is 16.9 Å². The van der Waals surface area contributed by atoms with Crippen LogP contribution in [0.5, 0.6) is 0 Å². The van der Waals surface area contributed by atoms with Crippen LogP contribution < -0.4 is 10.2 Å². The number of amides is 1. The maximum Gasteiger partial charge on any atom is 0.258 e. The molecule has 0 atom stereocenters. The monoisotopic (exact) mass is 335 g/mol. The van der Waals surface area contributed by atoms with E-state index in [1.807, 2.05) is 69.2 Å². The van der Waals surface area contributed by atoms with E-state index in [2.05, 4.69) is 15.4 Å². The number of rotatable bonds is 4. The zero-order chi connectivity index (χ0) is 18.0. The average Bonchev–Trinajstić information content (AvgIpc) is 2.96. The van der Waals surface area contributed by atoms with E-state index in [0.717, 1.165) is 17.2 Å². The molecule has 1 N–H and O–H groups in total. The summed E-state index contributed by atoms with van der Waals surface area (Å²) >= 11 is 0. The van der Waals surface area contributed by atoms with E-state index in [9.17, 15) is 4.79 Å². The summed E-state index contributed by atoms with van der Waals surface area (Å²) in [5, 5.41) is 7.39. The number of aryl methyl sites for hydroxylation is 2. The van der Waals surface area contributed by atoms with E-state index in [0.29, 0.717) is 11.4 Å². The third-order valence-corrected chi connectivity index (χ3v) is 3.82. The van der Waals surface area contributed by atoms with Crippen LogP contribution in [-0.2, 0) is 0 Å². The molecular formula is C19H21N5O. The molecule has 0 saturated carbocycles. The van der Waals surface area contributed by atoms with Crippen LogP contribution in [0.1, 0.15) is 21.6 Å². The topological polar surface area (TPSA) is 63.1 Å². The zero-order valence-electron chi connectivity index (χ0n) is 14.8. The fourth-order valence-corrected chi connectivity index (χ4v) is 2.44. The molecular weight excluding hydrogens is 314 g/mol. The molecule has 2 aromatic heterocycles. The predicted molar refractivity (Wildman–Crippen MR) is 99.6 cm³/mol. The highest BCUT2D eigenvalue weighted by molar-refractivity contribution is 6.03. The Hall–Kier alpha value is -3.15. The summed E-state index contributed by atoms with van der Waals surface area (Å²) < 4.78 is 1.73. The lowest BCUT2D eigenvalue weighted by Gasteiger charge is -2.12. The first-order valence-corrected chi connectivity index (χ1v) is 8.02. The maximum atomic E-state index is 12.5. The fourth-order valence-electron chi connectivity index (χ4n) is 2.44. The number of carbonyl (C=O) groups is 1. The van der Waals surface area contributed by atoms with Crippen LogP contribution in [0.2, 0.25) is 0 Å². The van der Waals surface area contributed by atoms with Crippen molar-refractivity contribution in [2.45, 2.75) is 13.8 Å². The van der Waals surface area contributed by atoms with Crippen LogP contribution >= 0.6 is 0 Å². The minimum atomic E-state index is -0.217. The number of hydrogen-bond donors (Lipinski definition) is 1. The summed E-state index contributed by atoms with van der Waals surface area (Å²) in [6.07, 6.45) is 1.57. The largest absolute Gasteiger partial charge is 0.363 e. The minimum absolute atomic E-state index is 0.217. The molecule has 6 heteroatoms. The Morgan fingerprint density at radius 2 is 1.80 bits per heavy atom.